The average Bonchev–Trinajstić information content (AvgIpc) is 2.23. The number of nitrogens with one attached hydrogen (secondary N) is 1. The smallest absolute Gasteiger partial charge is 0.336 e. The first-order valence-corrected chi connectivity index (χ1v) is 5.86. The summed E-state index contributed by atoms with van der Waals surface area (Å²) in [7, 11) is 0. The lowest BCUT2D eigenvalue weighted by Crippen LogP contribution is -2.11. The Morgan fingerprint density at radius 1 is 1.59 bits per heavy atom. The minimum absolute atomic E-state index is 0.0768. The summed E-state index contributed by atoms with van der Waals surface area (Å²) in [6.45, 7) is 2.05. The van der Waals surface area contributed by atoms with E-state index in [1.165, 1.54) is 12.1 Å². The minimum Gasteiger partial charge on any atom is -0.478 e. The van der Waals surface area contributed by atoms with Crippen LogP contribution in [0.15, 0.2) is 16.6 Å². The average molecular weight is 306 g/mol. The van der Waals surface area contributed by atoms with Gasteiger partial charge in [-0.1, -0.05) is 0 Å². The predicted octanol–water partition coefficient (Wildman–Crippen LogP) is 2.47. The van der Waals surface area contributed by atoms with E-state index < -0.39 is 17.9 Å². The van der Waals surface area contributed by atoms with Crippen LogP contribution < -0.4 is 5.32 Å². The van der Waals surface area contributed by atoms with Gasteiger partial charge in [-0.3, -0.25) is 0 Å². The first-order chi connectivity index (χ1) is 7.93. The Balaban J connectivity index is 2.82. The molecule has 0 aliphatic carbocycles. The van der Waals surface area contributed by atoms with Crippen molar-refractivity contribution in [3.63, 3.8) is 0 Å². The van der Waals surface area contributed by atoms with Gasteiger partial charge in [0.25, 0.3) is 0 Å². The van der Waals surface area contributed by atoms with Crippen LogP contribution in [-0.2, 0) is 0 Å². The van der Waals surface area contributed by atoms with Crippen LogP contribution in [0, 0.1) is 5.82 Å². The van der Waals surface area contributed by atoms with Crippen molar-refractivity contribution in [1.82, 2.24) is 0 Å². The number of aromatic carboxylic acids is 1. The van der Waals surface area contributed by atoms with Crippen LogP contribution in [0.4, 0.5) is 10.1 Å². The summed E-state index contributed by atoms with van der Waals surface area (Å²) in [5.74, 6) is -1.83. The van der Waals surface area contributed by atoms with Gasteiger partial charge in [0.05, 0.1) is 21.8 Å². The Morgan fingerprint density at radius 2 is 2.24 bits per heavy atom. The van der Waals surface area contributed by atoms with Crippen molar-refractivity contribution >= 4 is 27.6 Å². The molecule has 0 aliphatic heterocycles. The molecule has 0 amide bonds. The number of halogens is 2. The molecule has 0 radical (unpaired) electrons. The molecular weight excluding hydrogens is 293 g/mol. The third-order valence-electron chi connectivity index (χ3n) is 2.19. The van der Waals surface area contributed by atoms with E-state index in [1.807, 2.05) is 0 Å². The van der Waals surface area contributed by atoms with Crippen LogP contribution in [0.1, 0.15) is 23.7 Å². The summed E-state index contributed by atoms with van der Waals surface area (Å²) in [5, 5.41) is 20.6. The Morgan fingerprint density at radius 3 is 2.76 bits per heavy atom. The fraction of sp³-hybridized carbons (Fsp3) is 0.364. The molecule has 4 nitrogen and oxygen atoms in total. The van der Waals surface area contributed by atoms with Gasteiger partial charge in [-0.2, -0.15) is 0 Å². The number of benzene rings is 1. The van der Waals surface area contributed by atoms with E-state index in [1.54, 1.807) is 6.92 Å². The molecule has 1 aromatic rings. The van der Waals surface area contributed by atoms with E-state index in [2.05, 4.69) is 21.2 Å². The lowest BCUT2D eigenvalue weighted by atomic mass is 10.2. The van der Waals surface area contributed by atoms with Crippen molar-refractivity contribution in [2.75, 3.05) is 11.9 Å². The number of aliphatic hydroxyl groups is 1. The second-order valence-corrected chi connectivity index (χ2v) is 4.45. The Labute approximate surface area is 107 Å². The van der Waals surface area contributed by atoms with Crippen molar-refractivity contribution in [3.05, 3.63) is 28.0 Å². The molecule has 0 spiro atoms. The van der Waals surface area contributed by atoms with Crippen molar-refractivity contribution in [2.24, 2.45) is 0 Å². The summed E-state index contributed by atoms with van der Waals surface area (Å²) in [6.07, 6.45) is 0.0184. The standard InChI is InChI=1S/C11H13BrFNO3/c1-6(15)4-5-14-8-3-2-7(11(16)17)9(12)10(8)13/h2-3,6,14-15H,4-5H2,1H3,(H,16,17). The SMILES string of the molecule is CC(O)CCNc1ccc(C(=O)O)c(Br)c1F. The second kappa shape index (κ2) is 5.97. The van der Waals surface area contributed by atoms with E-state index in [0.717, 1.165) is 0 Å². The molecule has 6 heteroatoms. The highest BCUT2D eigenvalue weighted by Crippen LogP contribution is 2.27. The van der Waals surface area contributed by atoms with Crippen LogP contribution in [0.25, 0.3) is 0 Å². The van der Waals surface area contributed by atoms with Gasteiger partial charge in [0.15, 0.2) is 5.82 Å². The van der Waals surface area contributed by atoms with E-state index >= 15 is 0 Å². The Kier molecular flexibility index (Phi) is 4.89. The molecule has 0 bridgehead atoms. The molecule has 0 heterocycles. The lowest BCUT2D eigenvalue weighted by molar-refractivity contribution is 0.0695. The lowest BCUT2D eigenvalue weighted by Gasteiger charge is -2.10. The fourth-order valence-electron chi connectivity index (χ4n) is 1.27. The summed E-state index contributed by atoms with van der Waals surface area (Å²) in [4.78, 5) is 10.7. The summed E-state index contributed by atoms with van der Waals surface area (Å²) in [5.41, 5.74) is 0.0890. The number of hydrogen-bond donors (Lipinski definition) is 3. The Hall–Kier alpha value is -1.14. The normalized spacial score (nSPS) is 12.2. The predicted molar refractivity (Wildman–Crippen MR) is 65.8 cm³/mol. The van der Waals surface area contributed by atoms with Crippen molar-refractivity contribution < 1.29 is 19.4 Å². The van der Waals surface area contributed by atoms with Gasteiger partial charge in [-0.25, -0.2) is 9.18 Å². The van der Waals surface area contributed by atoms with E-state index in [0.29, 0.717) is 13.0 Å². The molecule has 94 valence electrons. The second-order valence-electron chi connectivity index (χ2n) is 3.66. The minimum atomic E-state index is -1.19. The number of carbonyl (C=O) groups is 1. The summed E-state index contributed by atoms with van der Waals surface area (Å²) < 4.78 is 13.6. The highest BCUT2D eigenvalue weighted by molar-refractivity contribution is 9.10. The number of hydrogen-bond acceptors (Lipinski definition) is 3. The van der Waals surface area contributed by atoms with Crippen molar-refractivity contribution in [1.29, 1.82) is 0 Å². The van der Waals surface area contributed by atoms with Gasteiger partial charge in [0.2, 0.25) is 0 Å². The molecule has 17 heavy (non-hydrogen) atoms. The summed E-state index contributed by atoms with van der Waals surface area (Å²) >= 11 is 2.91. The zero-order chi connectivity index (χ0) is 13.0. The van der Waals surface area contributed by atoms with Gasteiger partial charge < -0.3 is 15.5 Å². The van der Waals surface area contributed by atoms with Crippen LogP contribution in [0.3, 0.4) is 0 Å². The molecule has 0 aliphatic rings. The molecule has 1 unspecified atom stereocenters. The first kappa shape index (κ1) is 13.9. The van der Waals surface area contributed by atoms with Gasteiger partial charge in [-0.05, 0) is 41.4 Å². The van der Waals surface area contributed by atoms with Gasteiger partial charge in [0, 0.05) is 6.54 Å². The van der Waals surface area contributed by atoms with Gasteiger partial charge >= 0.3 is 5.97 Å². The maximum Gasteiger partial charge on any atom is 0.336 e. The molecule has 0 fully saturated rings. The van der Waals surface area contributed by atoms with Crippen molar-refractivity contribution in [3.8, 4) is 0 Å². The van der Waals surface area contributed by atoms with Gasteiger partial charge in [0.1, 0.15) is 0 Å². The number of rotatable bonds is 5. The summed E-state index contributed by atoms with van der Waals surface area (Å²) in [6, 6.07) is 2.69. The number of anilines is 1. The first-order valence-electron chi connectivity index (χ1n) is 5.06. The van der Waals surface area contributed by atoms with E-state index in [9.17, 15) is 9.18 Å². The highest BCUT2D eigenvalue weighted by Gasteiger charge is 2.15. The van der Waals surface area contributed by atoms with Crippen LogP contribution >= 0.6 is 15.9 Å². The third kappa shape index (κ3) is 3.67. The molecule has 1 rings (SSSR count). The Bertz CT molecular complexity index is 423. The number of aliphatic hydroxyl groups excluding tert-OH is 1. The van der Waals surface area contributed by atoms with E-state index in [4.69, 9.17) is 10.2 Å². The monoisotopic (exact) mass is 305 g/mol. The fourth-order valence-corrected chi connectivity index (χ4v) is 1.78. The highest BCUT2D eigenvalue weighted by atomic mass is 79.9. The van der Waals surface area contributed by atoms with Crippen LogP contribution in [-0.4, -0.2) is 28.8 Å². The quantitative estimate of drug-likeness (QED) is 0.781. The number of carboxylic acid groups (broad SMARTS) is 1. The maximum absolute atomic E-state index is 13.7. The largest absolute Gasteiger partial charge is 0.478 e. The molecule has 0 aromatic heterocycles. The number of carboxylic acids is 1. The molecule has 1 atom stereocenters. The topological polar surface area (TPSA) is 69.6 Å². The maximum atomic E-state index is 13.7. The zero-order valence-electron chi connectivity index (χ0n) is 9.20. The zero-order valence-corrected chi connectivity index (χ0v) is 10.8. The molecule has 0 saturated carbocycles. The van der Waals surface area contributed by atoms with Crippen LogP contribution in [0.5, 0.6) is 0 Å². The van der Waals surface area contributed by atoms with Crippen molar-refractivity contribution in [2.45, 2.75) is 19.4 Å². The van der Waals surface area contributed by atoms with E-state index in [-0.39, 0.29) is 15.7 Å². The van der Waals surface area contributed by atoms with Crippen LogP contribution in [0.2, 0.25) is 0 Å². The van der Waals surface area contributed by atoms with Gasteiger partial charge in [-0.15, -0.1) is 0 Å². The molecule has 1 aromatic carbocycles. The molecule has 3 N–H and O–H groups in total. The molecular formula is C11H13BrFNO3. The third-order valence-corrected chi connectivity index (χ3v) is 2.97. The molecule has 0 saturated heterocycles.